The van der Waals surface area contributed by atoms with Crippen LogP contribution in [0.25, 0.3) is 0 Å². The monoisotopic (exact) mass is 302 g/mol. The molecule has 0 atom stereocenters. The molecule has 0 saturated carbocycles. The van der Waals surface area contributed by atoms with Crippen molar-refractivity contribution in [2.24, 2.45) is 0 Å². The first-order valence-electron chi connectivity index (χ1n) is 6.41. The molecule has 0 fully saturated rings. The second-order valence-electron chi connectivity index (χ2n) is 4.64. The normalized spacial score (nSPS) is 10.0. The van der Waals surface area contributed by atoms with Crippen LogP contribution < -0.4 is 10.6 Å². The molecule has 0 heterocycles. The quantitative estimate of drug-likeness (QED) is 0.904. The number of hydrogen-bond acceptors (Lipinski definition) is 2. The number of aryl methyl sites for hydroxylation is 1. The molecule has 2 N–H and O–H groups in total. The number of carbonyl (C=O) groups is 2. The van der Waals surface area contributed by atoms with Crippen LogP contribution >= 0.6 is 11.6 Å². The van der Waals surface area contributed by atoms with E-state index in [4.69, 9.17) is 11.6 Å². The van der Waals surface area contributed by atoms with E-state index in [-0.39, 0.29) is 11.8 Å². The summed E-state index contributed by atoms with van der Waals surface area (Å²) >= 11 is 6.02. The maximum atomic E-state index is 12.2. The van der Waals surface area contributed by atoms with Gasteiger partial charge in [-0.1, -0.05) is 29.8 Å². The lowest BCUT2D eigenvalue weighted by molar-refractivity contribution is -0.114. The Morgan fingerprint density at radius 1 is 1.00 bits per heavy atom. The Balaban J connectivity index is 2.23. The van der Waals surface area contributed by atoms with Crippen molar-refractivity contribution in [3.05, 3.63) is 58.6 Å². The number of hydrogen-bond donors (Lipinski definition) is 2. The average Bonchev–Trinajstić information content (AvgIpc) is 2.43. The number of rotatable bonds is 3. The van der Waals surface area contributed by atoms with Crippen molar-refractivity contribution in [2.75, 3.05) is 10.6 Å². The summed E-state index contributed by atoms with van der Waals surface area (Å²) in [4.78, 5) is 23.4. The maximum Gasteiger partial charge on any atom is 0.255 e. The van der Waals surface area contributed by atoms with Crippen LogP contribution in [-0.4, -0.2) is 11.8 Å². The summed E-state index contributed by atoms with van der Waals surface area (Å²) in [5, 5.41) is 5.98. The van der Waals surface area contributed by atoms with E-state index < -0.39 is 0 Å². The van der Waals surface area contributed by atoms with E-state index in [1.165, 1.54) is 6.92 Å². The highest BCUT2D eigenvalue weighted by molar-refractivity contribution is 6.31. The number of amides is 2. The lowest BCUT2D eigenvalue weighted by atomic mass is 10.1. The fourth-order valence-electron chi connectivity index (χ4n) is 1.82. The molecule has 2 rings (SSSR count). The van der Waals surface area contributed by atoms with Gasteiger partial charge < -0.3 is 10.6 Å². The molecule has 0 aliphatic rings. The first-order valence-corrected chi connectivity index (χ1v) is 6.79. The van der Waals surface area contributed by atoms with Gasteiger partial charge >= 0.3 is 0 Å². The highest BCUT2D eigenvalue weighted by atomic mass is 35.5. The van der Waals surface area contributed by atoms with E-state index in [9.17, 15) is 9.59 Å². The molecule has 0 unspecified atom stereocenters. The molecule has 0 spiro atoms. The Kier molecular flexibility index (Phi) is 4.60. The molecule has 2 aromatic rings. The van der Waals surface area contributed by atoms with Crippen molar-refractivity contribution in [2.45, 2.75) is 13.8 Å². The molecule has 2 amide bonds. The maximum absolute atomic E-state index is 12.2. The SMILES string of the molecule is CC(=O)Nc1ccccc1NC(=O)c1ccc(C)c(Cl)c1. The molecule has 108 valence electrons. The smallest absolute Gasteiger partial charge is 0.255 e. The average molecular weight is 303 g/mol. The molecule has 4 nitrogen and oxygen atoms in total. The van der Waals surface area contributed by atoms with Crippen LogP contribution in [0, 0.1) is 6.92 Å². The summed E-state index contributed by atoms with van der Waals surface area (Å²) in [7, 11) is 0. The summed E-state index contributed by atoms with van der Waals surface area (Å²) in [5.74, 6) is -0.482. The highest BCUT2D eigenvalue weighted by Crippen LogP contribution is 2.23. The molecule has 21 heavy (non-hydrogen) atoms. The van der Waals surface area contributed by atoms with Crippen LogP contribution in [-0.2, 0) is 4.79 Å². The Morgan fingerprint density at radius 2 is 1.62 bits per heavy atom. The van der Waals surface area contributed by atoms with E-state index >= 15 is 0 Å². The number of benzene rings is 2. The van der Waals surface area contributed by atoms with Crippen molar-refractivity contribution < 1.29 is 9.59 Å². The molecular weight excluding hydrogens is 288 g/mol. The van der Waals surface area contributed by atoms with E-state index in [0.717, 1.165) is 5.56 Å². The van der Waals surface area contributed by atoms with E-state index in [1.54, 1.807) is 42.5 Å². The predicted octanol–water partition coefficient (Wildman–Crippen LogP) is 3.86. The third kappa shape index (κ3) is 3.83. The fourth-order valence-corrected chi connectivity index (χ4v) is 2.00. The summed E-state index contributed by atoms with van der Waals surface area (Å²) in [5.41, 5.74) is 2.46. The van der Waals surface area contributed by atoms with Gasteiger partial charge in [-0.2, -0.15) is 0 Å². The number of halogens is 1. The Labute approximate surface area is 128 Å². The number of nitrogens with one attached hydrogen (secondary N) is 2. The van der Waals surface area contributed by atoms with Crippen molar-refractivity contribution in [3.63, 3.8) is 0 Å². The van der Waals surface area contributed by atoms with E-state index in [2.05, 4.69) is 10.6 Å². The lowest BCUT2D eigenvalue weighted by Crippen LogP contribution is -2.15. The van der Waals surface area contributed by atoms with Gasteiger partial charge in [-0.15, -0.1) is 0 Å². The molecule has 0 aromatic heterocycles. The van der Waals surface area contributed by atoms with Gasteiger partial charge in [0.05, 0.1) is 11.4 Å². The first-order chi connectivity index (χ1) is 9.97. The Morgan fingerprint density at radius 3 is 2.19 bits per heavy atom. The third-order valence-corrected chi connectivity index (χ3v) is 3.33. The summed E-state index contributed by atoms with van der Waals surface area (Å²) < 4.78 is 0. The van der Waals surface area contributed by atoms with Gasteiger partial charge in [0.25, 0.3) is 5.91 Å². The predicted molar refractivity (Wildman–Crippen MR) is 84.9 cm³/mol. The Bertz CT molecular complexity index is 698. The molecule has 0 aliphatic heterocycles. The number of para-hydroxylation sites is 2. The highest BCUT2D eigenvalue weighted by Gasteiger charge is 2.10. The lowest BCUT2D eigenvalue weighted by Gasteiger charge is -2.11. The van der Waals surface area contributed by atoms with Crippen molar-refractivity contribution in [1.29, 1.82) is 0 Å². The molecule has 5 heteroatoms. The van der Waals surface area contributed by atoms with Crippen LogP contribution in [0.1, 0.15) is 22.8 Å². The first kappa shape index (κ1) is 15.1. The minimum absolute atomic E-state index is 0.199. The zero-order valence-electron chi connectivity index (χ0n) is 11.7. The minimum atomic E-state index is -0.283. The van der Waals surface area contributed by atoms with Crippen LogP contribution in [0.2, 0.25) is 5.02 Å². The number of carbonyl (C=O) groups excluding carboxylic acids is 2. The van der Waals surface area contributed by atoms with Gasteiger partial charge in [-0.3, -0.25) is 9.59 Å². The van der Waals surface area contributed by atoms with Gasteiger partial charge in [0.15, 0.2) is 0 Å². The topological polar surface area (TPSA) is 58.2 Å². The van der Waals surface area contributed by atoms with Gasteiger partial charge in [0.1, 0.15) is 0 Å². The minimum Gasteiger partial charge on any atom is -0.325 e. The molecule has 0 saturated heterocycles. The van der Waals surface area contributed by atoms with Crippen LogP contribution in [0.4, 0.5) is 11.4 Å². The van der Waals surface area contributed by atoms with Gasteiger partial charge in [-0.05, 0) is 36.8 Å². The van der Waals surface area contributed by atoms with Crippen LogP contribution in [0.15, 0.2) is 42.5 Å². The van der Waals surface area contributed by atoms with Gasteiger partial charge in [0, 0.05) is 17.5 Å². The number of anilines is 2. The molecular formula is C16H15ClN2O2. The van der Waals surface area contributed by atoms with E-state index in [1.807, 2.05) is 6.92 Å². The summed E-state index contributed by atoms with van der Waals surface area (Å²) in [6.45, 7) is 3.29. The molecule has 0 aliphatic carbocycles. The zero-order valence-corrected chi connectivity index (χ0v) is 12.5. The fraction of sp³-hybridized carbons (Fsp3) is 0.125. The van der Waals surface area contributed by atoms with Crippen LogP contribution in [0.3, 0.4) is 0 Å². The summed E-state index contributed by atoms with van der Waals surface area (Å²) in [6.07, 6.45) is 0. The largest absolute Gasteiger partial charge is 0.325 e. The molecule has 2 aromatic carbocycles. The molecule has 0 bridgehead atoms. The second-order valence-corrected chi connectivity index (χ2v) is 5.05. The van der Waals surface area contributed by atoms with Gasteiger partial charge in [0.2, 0.25) is 5.91 Å². The van der Waals surface area contributed by atoms with Gasteiger partial charge in [-0.25, -0.2) is 0 Å². The zero-order chi connectivity index (χ0) is 15.4. The van der Waals surface area contributed by atoms with Crippen molar-refractivity contribution >= 4 is 34.8 Å². The standard InChI is InChI=1S/C16H15ClN2O2/c1-10-7-8-12(9-13(10)17)16(21)19-15-6-4-3-5-14(15)18-11(2)20/h3-9H,1-2H3,(H,18,20)(H,19,21). The summed E-state index contributed by atoms with van der Waals surface area (Å²) in [6, 6.07) is 12.1. The molecule has 0 radical (unpaired) electrons. The second kappa shape index (κ2) is 6.41. The Hall–Kier alpha value is -2.33. The third-order valence-electron chi connectivity index (χ3n) is 2.92. The van der Waals surface area contributed by atoms with Crippen LogP contribution in [0.5, 0.6) is 0 Å². The van der Waals surface area contributed by atoms with Crippen molar-refractivity contribution in [1.82, 2.24) is 0 Å². The van der Waals surface area contributed by atoms with E-state index in [0.29, 0.717) is 22.0 Å². The van der Waals surface area contributed by atoms with Crippen molar-refractivity contribution in [3.8, 4) is 0 Å².